The molecule has 1 aliphatic rings. The SMILES string of the molecule is CC(=O)NCc1ccc(C(=O)N2CCCC(c3nc4ccccc4o3)C2)cc1. The van der Waals surface area contributed by atoms with Gasteiger partial charge in [-0.05, 0) is 42.7 Å². The quantitative estimate of drug-likeness (QED) is 0.755. The second kappa shape index (κ2) is 7.84. The molecular formula is C22H23N3O3. The van der Waals surface area contributed by atoms with Gasteiger partial charge in [0, 0.05) is 32.1 Å². The molecule has 6 nitrogen and oxygen atoms in total. The molecule has 1 aliphatic heterocycles. The van der Waals surface area contributed by atoms with E-state index >= 15 is 0 Å². The number of carbonyl (C=O) groups is 2. The Morgan fingerprint density at radius 3 is 2.71 bits per heavy atom. The second-order valence-electron chi connectivity index (χ2n) is 7.22. The van der Waals surface area contributed by atoms with Crippen molar-refractivity contribution in [1.82, 2.24) is 15.2 Å². The minimum atomic E-state index is -0.0706. The van der Waals surface area contributed by atoms with Gasteiger partial charge in [-0.3, -0.25) is 9.59 Å². The Labute approximate surface area is 163 Å². The maximum absolute atomic E-state index is 12.9. The van der Waals surface area contributed by atoms with Gasteiger partial charge >= 0.3 is 0 Å². The van der Waals surface area contributed by atoms with Crippen molar-refractivity contribution < 1.29 is 14.0 Å². The number of amides is 2. The van der Waals surface area contributed by atoms with Crippen molar-refractivity contribution >= 4 is 22.9 Å². The number of para-hydroxylation sites is 2. The fourth-order valence-electron chi connectivity index (χ4n) is 3.60. The van der Waals surface area contributed by atoms with Crippen LogP contribution in [0.2, 0.25) is 0 Å². The maximum atomic E-state index is 12.9. The van der Waals surface area contributed by atoms with Crippen LogP contribution in [0.5, 0.6) is 0 Å². The van der Waals surface area contributed by atoms with Crippen LogP contribution in [0.3, 0.4) is 0 Å². The van der Waals surface area contributed by atoms with Crippen LogP contribution in [-0.4, -0.2) is 34.8 Å². The van der Waals surface area contributed by atoms with Crippen molar-refractivity contribution in [2.75, 3.05) is 13.1 Å². The van der Waals surface area contributed by atoms with Gasteiger partial charge in [-0.1, -0.05) is 24.3 Å². The molecule has 1 fully saturated rings. The van der Waals surface area contributed by atoms with Crippen LogP contribution in [0.4, 0.5) is 0 Å². The number of fused-ring (bicyclic) bond motifs is 1. The molecule has 3 aromatic rings. The fourth-order valence-corrected chi connectivity index (χ4v) is 3.60. The standard InChI is InChI=1S/C22H23N3O3/c1-15(26)23-13-16-8-10-17(11-9-16)22(27)25-12-4-5-18(14-25)21-24-19-6-2-3-7-20(19)28-21/h2-3,6-11,18H,4-5,12-14H2,1H3,(H,23,26). The average molecular weight is 377 g/mol. The number of aromatic nitrogens is 1. The third-order valence-corrected chi connectivity index (χ3v) is 5.11. The van der Waals surface area contributed by atoms with Gasteiger partial charge in [0.25, 0.3) is 5.91 Å². The van der Waals surface area contributed by atoms with Crippen LogP contribution in [-0.2, 0) is 11.3 Å². The van der Waals surface area contributed by atoms with E-state index in [1.807, 2.05) is 53.4 Å². The summed E-state index contributed by atoms with van der Waals surface area (Å²) in [5.74, 6) is 0.777. The minimum absolute atomic E-state index is 0.0203. The number of likely N-dealkylation sites (tertiary alicyclic amines) is 1. The zero-order valence-corrected chi connectivity index (χ0v) is 15.9. The molecule has 0 spiro atoms. The van der Waals surface area contributed by atoms with Crippen molar-refractivity contribution in [1.29, 1.82) is 0 Å². The first kappa shape index (κ1) is 18.2. The number of piperidine rings is 1. The molecule has 28 heavy (non-hydrogen) atoms. The lowest BCUT2D eigenvalue weighted by molar-refractivity contribution is -0.119. The molecule has 1 N–H and O–H groups in total. The largest absolute Gasteiger partial charge is 0.440 e. The minimum Gasteiger partial charge on any atom is -0.440 e. The Hall–Kier alpha value is -3.15. The number of hydrogen-bond donors (Lipinski definition) is 1. The summed E-state index contributed by atoms with van der Waals surface area (Å²) in [7, 11) is 0. The molecule has 144 valence electrons. The van der Waals surface area contributed by atoms with E-state index in [1.54, 1.807) is 0 Å². The predicted octanol–water partition coefficient (Wildman–Crippen LogP) is 3.48. The van der Waals surface area contributed by atoms with Crippen LogP contribution in [0, 0.1) is 0 Å². The molecule has 2 heterocycles. The van der Waals surface area contributed by atoms with E-state index in [4.69, 9.17) is 4.42 Å². The zero-order chi connectivity index (χ0) is 19.5. The van der Waals surface area contributed by atoms with Gasteiger partial charge in [0.05, 0.1) is 5.92 Å². The van der Waals surface area contributed by atoms with E-state index in [9.17, 15) is 9.59 Å². The topological polar surface area (TPSA) is 75.4 Å². The van der Waals surface area contributed by atoms with Crippen molar-refractivity contribution in [3.8, 4) is 0 Å². The van der Waals surface area contributed by atoms with Gasteiger partial charge < -0.3 is 14.6 Å². The van der Waals surface area contributed by atoms with Gasteiger partial charge in [-0.25, -0.2) is 4.98 Å². The summed E-state index contributed by atoms with van der Waals surface area (Å²) >= 11 is 0. The number of nitrogens with one attached hydrogen (secondary N) is 1. The van der Waals surface area contributed by atoms with Crippen molar-refractivity contribution in [2.45, 2.75) is 32.2 Å². The number of benzene rings is 2. The summed E-state index contributed by atoms with van der Waals surface area (Å²) in [6.45, 7) is 3.30. The lowest BCUT2D eigenvalue weighted by Gasteiger charge is -2.31. The molecule has 0 aliphatic carbocycles. The summed E-state index contributed by atoms with van der Waals surface area (Å²) in [6, 6.07) is 15.1. The molecular weight excluding hydrogens is 354 g/mol. The van der Waals surface area contributed by atoms with Crippen LogP contribution in [0.25, 0.3) is 11.1 Å². The van der Waals surface area contributed by atoms with E-state index in [2.05, 4.69) is 10.3 Å². The Kier molecular flexibility index (Phi) is 5.10. The molecule has 6 heteroatoms. The van der Waals surface area contributed by atoms with Gasteiger partial charge in [0.1, 0.15) is 5.52 Å². The average Bonchev–Trinajstić information content (AvgIpc) is 3.16. The molecule has 0 bridgehead atoms. The predicted molar refractivity (Wildman–Crippen MR) is 106 cm³/mol. The summed E-state index contributed by atoms with van der Waals surface area (Å²) in [5.41, 5.74) is 3.27. The zero-order valence-electron chi connectivity index (χ0n) is 15.9. The summed E-state index contributed by atoms with van der Waals surface area (Å²) in [6.07, 6.45) is 1.89. The molecule has 1 unspecified atom stereocenters. The Bertz CT molecular complexity index is 961. The molecule has 1 atom stereocenters. The first-order valence-electron chi connectivity index (χ1n) is 9.58. The van der Waals surface area contributed by atoms with Crippen LogP contribution in [0.1, 0.15) is 47.5 Å². The molecule has 2 amide bonds. The van der Waals surface area contributed by atoms with Crippen LogP contribution >= 0.6 is 0 Å². The summed E-state index contributed by atoms with van der Waals surface area (Å²) < 4.78 is 5.92. The third-order valence-electron chi connectivity index (χ3n) is 5.11. The smallest absolute Gasteiger partial charge is 0.253 e. The van der Waals surface area contributed by atoms with Crippen LogP contribution < -0.4 is 5.32 Å². The normalized spacial score (nSPS) is 16.9. The van der Waals surface area contributed by atoms with E-state index in [-0.39, 0.29) is 17.7 Å². The Morgan fingerprint density at radius 1 is 1.18 bits per heavy atom. The molecule has 0 saturated carbocycles. The van der Waals surface area contributed by atoms with E-state index < -0.39 is 0 Å². The maximum Gasteiger partial charge on any atom is 0.253 e. The molecule has 0 radical (unpaired) electrons. The highest BCUT2D eigenvalue weighted by atomic mass is 16.3. The monoisotopic (exact) mass is 377 g/mol. The van der Waals surface area contributed by atoms with E-state index in [0.717, 1.165) is 36.0 Å². The highest BCUT2D eigenvalue weighted by Crippen LogP contribution is 2.29. The third kappa shape index (κ3) is 3.91. The summed E-state index contributed by atoms with van der Waals surface area (Å²) in [5, 5.41) is 2.76. The molecule has 2 aromatic carbocycles. The van der Waals surface area contributed by atoms with Crippen molar-refractivity contribution in [2.24, 2.45) is 0 Å². The number of hydrogen-bond acceptors (Lipinski definition) is 4. The molecule has 1 saturated heterocycles. The molecule has 4 rings (SSSR count). The van der Waals surface area contributed by atoms with Crippen LogP contribution in [0.15, 0.2) is 52.9 Å². The van der Waals surface area contributed by atoms with Gasteiger partial charge in [0.2, 0.25) is 5.91 Å². The highest BCUT2D eigenvalue weighted by molar-refractivity contribution is 5.94. The van der Waals surface area contributed by atoms with Crippen molar-refractivity contribution in [3.63, 3.8) is 0 Å². The highest BCUT2D eigenvalue weighted by Gasteiger charge is 2.28. The lowest BCUT2D eigenvalue weighted by atomic mass is 9.97. The van der Waals surface area contributed by atoms with Gasteiger partial charge in [0.15, 0.2) is 11.5 Å². The second-order valence-corrected chi connectivity index (χ2v) is 7.22. The summed E-state index contributed by atoms with van der Waals surface area (Å²) in [4.78, 5) is 30.4. The number of rotatable bonds is 4. The number of carbonyl (C=O) groups excluding carboxylic acids is 2. The Balaban J connectivity index is 1.45. The van der Waals surface area contributed by atoms with Gasteiger partial charge in [-0.2, -0.15) is 0 Å². The first-order valence-corrected chi connectivity index (χ1v) is 9.58. The van der Waals surface area contributed by atoms with E-state index in [0.29, 0.717) is 24.5 Å². The lowest BCUT2D eigenvalue weighted by Crippen LogP contribution is -2.39. The number of nitrogens with zero attached hydrogens (tertiary/aromatic N) is 2. The molecule has 1 aromatic heterocycles. The first-order chi connectivity index (χ1) is 13.6. The van der Waals surface area contributed by atoms with E-state index in [1.165, 1.54) is 6.92 Å². The Morgan fingerprint density at radius 2 is 1.96 bits per heavy atom. The fraction of sp³-hybridized carbons (Fsp3) is 0.318. The van der Waals surface area contributed by atoms with Gasteiger partial charge in [-0.15, -0.1) is 0 Å². The van der Waals surface area contributed by atoms with Crippen molar-refractivity contribution in [3.05, 3.63) is 65.5 Å². The number of oxazole rings is 1.